The maximum Gasteiger partial charge on any atom is 0.337 e. The molecule has 1 fully saturated rings. The van der Waals surface area contributed by atoms with Gasteiger partial charge in [-0.3, -0.25) is 4.98 Å². The van der Waals surface area contributed by atoms with Crippen molar-refractivity contribution in [2.75, 3.05) is 0 Å². The van der Waals surface area contributed by atoms with E-state index in [1.807, 2.05) is 6.92 Å². The van der Waals surface area contributed by atoms with Gasteiger partial charge in [-0.15, -0.1) is 0 Å². The van der Waals surface area contributed by atoms with E-state index in [-0.39, 0.29) is 11.7 Å². The molecule has 0 spiro atoms. The van der Waals surface area contributed by atoms with E-state index in [4.69, 9.17) is 9.84 Å². The topological polar surface area (TPSA) is 59.4 Å². The lowest BCUT2D eigenvalue weighted by molar-refractivity contribution is 0.0694. The third-order valence-electron chi connectivity index (χ3n) is 2.34. The largest absolute Gasteiger partial charge is 0.489 e. The van der Waals surface area contributed by atoms with Crippen LogP contribution in [0, 0.1) is 0 Å². The van der Waals surface area contributed by atoms with Crippen molar-refractivity contribution in [2.24, 2.45) is 0 Å². The summed E-state index contributed by atoms with van der Waals surface area (Å²) in [4.78, 5) is 15.0. The van der Waals surface area contributed by atoms with Crippen LogP contribution in [-0.4, -0.2) is 22.2 Å². The summed E-state index contributed by atoms with van der Waals surface area (Å²) < 4.78 is 5.49. The van der Waals surface area contributed by atoms with Crippen LogP contribution in [0.3, 0.4) is 0 Å². The quantitative estimate of drug-likeness (QED) is 0.818. The lowest BCUT2D eigenvalue weighted by atomic mass is 10.1. The number of carboxylic acid groups (broad SMARTS) is 1. The minimum absolute atomic E-state index is 0.246. The highest BCUT2D eigenvalue weighted by atomic mass is 16.5. The number of carboxylic acids is 1. The van der Waals surface area contributed by atoms with E-state index >= 15 is 0 Å². The molecule has 4 heteroatoms. The van der Waals surface area contributed by atoms with Crippen molar-refractivity contribution in [1.29, 1.82) is 0 Å². The van der Waals surface area contributed by atoms with Crippen molar-refractivity contribution < 1.29 is 14.6 Å². The normalized spacial score (nSPS) is 15.0. The fourth-order valence-electron chi connectivity index (χ4n) is 1.38. The number of pyridine rings is 1. The summed E-state index contributed by atoms with van der Waals surface area (Å²) in [5, 5.41) is 8.98. The summed E-state index contributed by atoms with van der Waals surface area (Å²) in [6.45, 7) is 1.89. The predicted molar refractivity (Wildman–Crippen MR) is 54.2 cm³/mol. The van der Waals surface area contributed by atoms with Crippen LogP contribution < -0.4 is 4.74 Å². The minimum atomic E-state index is -0.944. The molecule has 15 heavy (non-hydrogen) atoms. The van der Waals surface area contributed by atoms with Gasteiger partial charge in [-0.2, -0.15) is 0 Å². The molecule has 1 aliphatic carbocycles. The van der Waals surface area contributed by atoms with Gasteiger partial charge in [-0.1, -0.05) is 6.92 Å². The summed E-state index contributed by atoms with van der Waals surface area (Å²) in [5.74, 6) is -0.382. The monoisotopic (exact) mass is 207 g/mol. The van der Waals surface area contributed by atoms with Crippen LogP contribution in [0.15, 0.2) is 12.3 Å². The van der Waals surface area contributed by atoms with Gasteiger partial charge < -0.3 is 9.84 Å². The maximum atomic E-state index is 10.9. The Morgan fingerprint density at radius 2 is 2.40 bits per heavy atom. The molecular formula is C11H13NO3. The molecule has 0 unspecified atom stereocenters. The summed E-state index contributed by atoms with van der Waals surface area (Å²) in [7, 11) is 0. The predicted octanol–water partition coefficient (Wildman–Crippen LogP) is 1.88. The van der Waals surface area contributed by atoms with E-state index in [2.05, 4.69) is 4.98 Å². The van der Waals surface area contributed by atoms with Crippen molar-refractivity contribution in [3.63, 3.8) is 0 Å². The number of aromatic nitrogens is 1. The molecule has 1 aliphatic rings. The van der Waals surface area contributed by atoms with Gasteiger partial charge in [0.25, 0.3) is 0 Å². The smallest absolute Gasteiger partial charge is 0.337 e. The average Bonchev–Trinajstić information content (AvgIpc) is 3.01. The SMILES string of the molecule is CCc1ncc(OC2CC2)cc1C(=O)O. The lowest BCUT2D eigenvalue weighted by Gasteiger charge is -2.07. The van der Waals surface area contributed by atoms with Gasteiger partial charge in [0.15, 0.2) is 0 Å². The van der Waals surface area contributed by atoms with Crippen molar-refractivity contribution in [2.45, 2.75) is 32.3 Å². The summed E-state index contributed by atoms with van der Waals surface area (Å²) in [5.41, 5.74) is 0.848. The highest BCUT2D eigenvalue weighted by Crippen LogP contribution is 2.27. The van der Waals surface area contributed by atoms with Crippen LogP contribution in [-0.2, 0) is 6.42 Å². The highest BCUT2D eigenvalue weighted by Gasteiger charge is 2.24. The minimum Gasteiger partial charge on any atom is -0.489 e. The van der Waals surface area contributed by atoms with Crippen LogP contribution in [0.2, 0.25) is 0 Å². The molecule has 1 N–H and O–H groups in total. The third kappa shape index (κ3) is 2.26. The second kappa shape index (κ2) is 3.88. The van der Waals surface area contributed by atoms with E-state index in [0.717, 1.165) is 12.8 Å². The number of nitrogens with zero attached hydrogens (tertiary/aromatic N) is 1. The van der Waals surface area contributed by atoms with Gasteiger partial charge >= 0.3 is 5.97 Å². The Kier molecular flexibility index (Phi) is 2.58. The lowest BCUT2D eigenvalue weighted by Crippen LogP contribution is -2.06. The summed E-state index contributed by atoms with van der Waals surface area (Å²) in [6, 6.07) is 1.56. The van der Waals surface area contributed by atoms with Gasteiger partial charge in [0.2, 0.25) is 0 Å². The molecule has 0 saturated heterocycles. The van der Waals surface area contributed by atoms with Crippen LogP contribution in [0.25, 0.3) is 0 Å². The van der Waals surface area contributed by atoms with Gasteiger partial charge in [-0.25, -0.2) is 4.79 Å². The molecule has 1 aromatic heterocycles. The number of hydrogen-bond donors (Lipinski definition) is 1. The number of rotatable bonds is 4. The Hall–Kier alpha value is -1.58. The van der Waals surface area contributed by atoms with E-state index < -0.39 is 5.97 Å². The number of aryl methyl sites for hydroxylation is 1. The number of carbonyl (C=O) groups is 1. The maximum absolute atomic E-state index is 10.9. The molecule has 80 valence electrons. The molecular weight excluding hydrogens is 194 g/mol. The zero-order valence-electron chi connectivity index (χ0n) is 8.56. The molecule has 0 aliphatic heterocycles. The molecule has 0 amide bonds. The van der Waals surface area contributed by atoms with E-state index in [1.165, 1.54) is 0 Å². The van der Waals surface area contributed by atoms with Crippen LogP contribution in [0.1, 0.15) is 35.8 Å². The molecule has 4 nitrogen and oxygen atoms in total. The van der Waals surface area contributed by atoms with Crippen molar-refractivity contribution in [3.8, 4) is 5.75 Å². The average molecular weight is 207 g/mol. The Labute approximate surface area is 87.9 Å². The Morgan fingerprint density at radius 1 is 1.67 bits per heavy atom. The van der Waals surface area contributed by atoms with Gasteiger partial charge in [0.1, 0.15) is 5.75 Å². The second-order valence-corrected chi connectivity index (χ2v) is 3.64. The molecule has 1 aromatic rings. The first kappa shape index (κ1) is 9.96. The van der Waals surface area contributed by atoms with Crippen molar-refractivity contribution >= 4 is 5.97 Å². The zero-order chi connectivity index (χ0) is 10.8. The first-order valence-electron chi connectivity index (χ1n) is 5.09. The first-order valence-corrected chi connectivity index (χ1v) is 5.09. The van der Waals surface area contributed by atoms with Crippen molar-refractivity contribution in [3.05, 3.63) is 23.5 Å². The number of aromatic carboxylic acids is 1. The molecule has 0 bridgehead atoms. The van der Waals surface area contributed by atoms with E-state index in [0.29, 0.717) is 17.9 Å². The second-order valence-electron chi connectivity index (χ2n) is 3.64. The van der Waals surface area contributed by atoms with Gasteiger partial charge in [-0.05, 0) is 25.3 Å². The van der Waals surface area contributed by atoms with Gasteiger partial charge in [0.05, 0.1) is 23.6 Å². The van der Waals surface area contributed by atoms with Crippen molar-refractivity contribution in [1.82, 2.24) is 4.98 Å². The molecule has 0 radical (unpaired) electrons. The Morgan fingerprint density at radius 3 is 2.93 bits per heavy atom. The standard InChI is InChI=1S/C11H13NO3/c1-2-10-9(11(13)14)5-8(6-12-10)15-7-3-4-7/h5-7H,2-4H2,1H3,(H,13,14). The molecule has 2 rings (SSSR count). The van der Waals surface area contributed by atoms with E-state index in [9.17, 15) is 4.79 Å². The Balaban J connectivity index is 2.26. The number of hydrogen-bond acceptors (Lipinski definition) is 3. The zero-order valence-corrected chi connectivity index (χ0v) is 8.56. The highest BCUT2D eigenvalue weighted by molar-refractivity contribution is 5.89. The first-order chi connectivity index (χ1) is 7.20. The summed E-state index contributed by atoms with van der Waals surface area (Å²) in [6.07, 6.45) is 4.59. The van der Waals surface area contributed by atoms with Gasteiger partial charge in [0, 0.05) is 0 Å². The van der Waals surface area contributed by atoms with Crippen LogP contribution >= 0.6 is 0 Å². The molecule has 0 aromatic carbocycles. The number of ether oxygens (including phenoxy) is 1. The third-order valence-corrected chi connectivity index (χ3v) is 2.34. The summed E-state index contributed by atoms with van der Waals surface area (Å²) >= 11 is 0. The van der Waals surface area contributed by atoms with Crippen LogP contribution in [0.4, 0.5) is 0 Å². The molecule has 1 heterocycles. The fourth-order valence-corrected chi connectivity index (χ4v) is 1.38. The van der Waals surface area contributed by atoms with Crippen LogP contribution in [0.5, 0.6) is 5.75 Å². The van der Waals surface area contributed by atoms with E-state index in [1.54, 1.807) is 12.3 Å². The molecule has 1 saturated carbocycles. The fraction of sp³-hybridized carbons (Fsp3) is 0.455. The molecule has 0 atom stereocenters. The Bertz CT molecular complexity index is 385.